The Hall–Kier alpha value is -7.40. The van der Waals surface area contributed by atoms with Gasteiger partial charge in [0.25, 0.3) is 0 Å². The zero-order valence-corrected chi connectivity index (χ0v) is 42.6. The fourth-order valence-corrected chi connectivity index (χ4v) is 9.20. The molecule has 10 rings (SSSR count). The van der Waals surface area contributed by atoms with Crippen molar-refractivity contribution < 1.29 is 33.2 Å². The molecule has 378 valence electrons. The van der Waals surface area contributed by atoms with Gasteiger partial charge in [-0.05, 0) is 132 Å². The molecule has 0 bridgehead atoms. The minimum atomic E-state index is 0.139. The molecule has 2 saturated heterocycles. The molecule has 0 radical (unpaired) electrons. The molecule has 8 aromatic rings. The van der Waals surface area contributed by atoms with Gasteiger partial charge in [-0.2, -0.15) is 0 Å². The third-order valence-electron chi connectivity index (χ3n) is 13.4. The lowest BCUT2D eigenvalue weighted by Crippen LogP contribution is -2.43. The molecule has 0 aliphatic carbocycles. The fourth-order valence-electron chi connectivity index (χ4n) is 9.20. The molecule has 2 heterocycles. The first-order valence-corrected chi connectivity index (χ1v) is 25.9. The predicted octanol–water partition coefficient (Wildman–Crippen LogP) is 15.8. The zero-order chi connectivity index (χ0) is 50.4. The van der Waals surface area contributed by atoms with Crippen LogP contribution in [0.5, 0.6) is 23.0 Å². The fraction of sp³-hybridized carbons (Fsp3) is 0.262. The highest BCUT2D eigenvalue weighted by molar-refractivity contribution is 5.81. The summed E-state index contributed by atoms with van der Waals surface area (Å²) >= 11 is 0. The molecule has 9 heteroatoms. The maximum Gasteiger partial charge on any atom is 0.127 e. The van der Waals surface area contributed by atoms with Crippen LogP contribution >= 0.6 is 0 Å². The lowest BCUT2D eigenvalue weighted by atomic mass is 9.90. The number of nitrogens with zero attached hydrogens (tertiary/aromatic N) is 2. The topological polar surface area (TPSA) is 71.1 Å². The molecule has 2 aliphatic heterocycles. The Balaban J connectivity index is 0.837. The molecule has 2 aliphatic rings. The van der Waals surface area contributed by atoms with Crippen molar-refractivity contribution in [1.82, 2.24) is 0 Å². The second-order valence-corrected chi connectivity index (χ2v) is 20.1. The standard InChI is InChI=1S/C65H66N2O7/c1-64(46-70-47-64)44-68-38-9-10-40-72-62-20-11-18-58(42-62)66(54-26-22-52(23-27-54)50-14-5-3-6-15-50)56-30-34-60(35-31-56)74-61-36-32-57(33-37-61)67(55-28-24-53(25-29-55)51-16-7-4-8-17-51)59-19-12-21-63(43-59)73-41-13-39-69-45-65(2)48-71-49-65/h3-8,11-12,14-37,42-43H,9-10,13,38-41,44-49H2,1-2H3. The summed E-state index contributed by atoms with van der Waals surface area (Å²) in [6, 6.07) is 71.4. The second kappa shape index (κ2) is 24.1. The van der Waals surface area contributed by atoms with Gasteiger partial charge < -0.3 is 43.0 Å². The first kappa shape index (κ1) is 50.1. The van der Waals surface area contributed by atoms with Gasteiger partial charge in [-0.1, -0.05) is 111 Å². The van der Waals surface area contributed by atoms with Crippen molar-refractivity contribution in [3.63, 3.8) is 0 Å². The quantitative estimate of drug-likeness (QED) is 0.0521. The summed E-state index contributed by atoms with van der Waals surface area (Å²) in [5.41, 5.74) is 11.0. The minimum absolute atomic E-state index is 0.139. The van der Waals surface area contributed by atoms with Gasteiger partial charge in [-0.25, -0.2) is 0 Å². The average Bonchev–Trinajstić information content (AvgIpc) is 3.43. The van der Waals surface area contributed by atoms with E-state index in [1.54, 1.807) is 0 Å². The number of benzene rings is 8. The average molecular weight is 987 g/mol. The van der Waals surface area contributed by atoms with Crippen LogP contribution in [-0.2, 0) is 18.9 Å². The van der Waals surface area contributed by atoms with E-state index in [-0.39, 0.29) is 10.8 Å². The molecular weight excluding hydrogens is 921 g/mol. The van der Waals surface area contributed by atoms with Crippen LogP contribution in [0.25, 0.3) is 22.3 Å². The number of hydrogen-bond acceptors (Lipinski definition) is 9. The third-order valence-corrected chi connectivity index (χ3v) is 13.4. The van der Waals surface area contributed by atoms with E-state index in [9.17, 15) is 0 Å². The van der Waals surface area contributed by atoms with Crippen LogP contribution in [0.15, 0.2) is 206 Å². The minimum Gasteiger partial charge on any atom is -0.494 e. The van der Waals surface area contributed by atoms with E-state index >= 15 is 0 Å². The van der Waals surface area contributed by atoms with Gasteiger partial charge in [-0.3, -0.25) is 0 Å². The molecule has 0 aromatic heterocycles. The van der Waals surface area contributed by atoms with Crippen molar-refractivity contribution in [3.8, 4) is 45.3 Å². The first-order chi connectivity index (χ1) is 36.4. The van der Waals surface area contributed by atoms with Crippen molar-refractivity contribution in [2.45, 2.75) is 33.1 Å². The summed E-state index contributed by atoms with van der Waals surface area (Å²) in [5.74, 6) is 3.08. The van der Waals surface area contributed by atoms with E-state index in [0.29, 0.717) is 26.4 Å². The lowest BCUT2D eigenvalue weighted by molar-refractivity contribution is -0.138. The molecule has 0 amide bonds. The Bertz CT molecular complexity index is 2980. The van der Waals surface area contributed by atoms with Crippen molar-refractivity contribution in [2.75, 3.05) is 75.9 Å². The monoisotopic (exact) mass is 986 g/mol. The van der Waals surface area contributed by atoms with Crippen LogP contribution < -0.4 is 24.0 Å². The van der Waals surface area contributed by atoms with Gasteiger partial charge in [0.2, 0.25) is 0 Å². The molecule has 74 heavy (non-hydrogen) atoms. The van der Waals surface area contributed by atoms with Gasteiger partial charge in [0.15, 0.2) is 0 Å². The van der Waals surface area contributed by atoms with Gasteiger partial charge in [0, 0.05) is 76.7 Å². The largest absolute Gasteiger partial charge is 0.494 e. The summed E-state index contributed by atoms with van der Waals surface area (Å²) in [7, 11) is 0. The Labute approximate surface area is 436 Å². The van der Waals surface area contributed by atoms with E-state index < -0.39 is 0 Å². The summed E-state index contributed by atoms with van der Waals surface area (Å²) in [6.45, 7) is 11.5. The molecule has 0 unspecified atom stereocenters. The van der Waals surface area contributed by atoms with Crippen molar-refractivity contribution in [3.05, 3.63) is 206 Å². The summed E-state index contributed by atoms with van der Waals surface area (Å²) in [6.07, 6.45) is 2.65. The number of unbranched alkanes of at least 4 members (excludes halogenated alkanes) is 1. The number of hydrogen-bond donors (Lipinski definition) is 0. The van der Waals surface area contributed by atoms with E-state index in [1.807, 2.05) is 54.6 Å². The summed E-state index contributed by atoms with van der Waals surface area (Å²) in [5, 5.41) is 0. The lowest BCUT2D eigenvalue weighted by Gasteiger charge is -2.37. The third kappa shape index (κ3) is 13.0. The van der Waals surface area contributed by atoms with Gasteiger partial charge in [0.05, 0.1) is 52.9 Å². The summed E-state index contributed by atoms with van der Waals surface area (Å²) < 4.78 is 41.8. The zero-order valence-electron chi connectivity index (χ0n) is 42.6. The van der Waals surface area contributed by atoms with Crippen LogP contribution in [0.1, 0.15) is 33.1 Å². The van der Waals surface area contributed by atoms with Gasteiger partial charge in [0.1, 0.15) is 23.0 Å². The smallest absolute Gasteiger partial charge is 0.127 e. The van der Waals surface area contributed by atoms with Crippen LogP contribution in [0, 0.1) is 10.8 Å². The number of anilines is 6. The van der Waals surface area contributed by atoms with Crippen LogP contribution in [0.4, 0.5) is 34.1 Å². The van der Waals surface area contributed by atoms with Crippen LogP contribution in [0.3, 0.4) is 0 Å². The maximum absolute atomic E-state index is 6.54. The number of rotatable bonds is 25. The highest BCUT2D eigenvalue weighted by Crippen LogP contribution is 2.41. The SMILES string of the molecule is CC1(COCCCCOc2cccc(N(c3ccc(Oc4ccc(N(c5ccc(-c6ccccc6)cc5)c5cccc(OCCCOCC6(C)COC6)c5)cc4)cc3)c3ccc(-c4ccccc4)cc3)c2)COC1. The van der Waals surface area contributed by atoms with Gasteiger partial charge in [-0.15, -0.1) is 0 Å². The highest BCUT2D eigenvalue weighted by Gasteiger charge is 2.34. The van der Waals surface area contributed by atoms with E-state index in [2.05, 4.69) is 175 Å². The van der Waals surface area contributed by atoms with E-state index in [4.69, 9.17) is 33.2 Å². The molecule has 0 N–H and O–H groups in total. The molecule has 9 nitrogen and oxygen atoms in total. The summed E-state index contributed by atoms with van der Waals surface area (Å²) in [4.78, 5) is 4.50. The normalized spacial score (nSPS) is 14.3. The molecule has 2 fully saturated rings. The molecule has 0 atom stereocenters. The van der Waals surface area contributed by atoms with Gasteiger partial charge >= 0.3 is 0 Å². The predicted molar refractivity (Wildman–Crippen MR) is 298 cm³/mol. The van der Waals surface area contributed by atoms with Crippen LogP contribution in [-0.4, -0.2) is 66.1 Å². The molecule has 8 aromatic carbocycles. The maximum atomic E-state index is 6.54. The Morgan fingerprint density at radius 1 is 0.351 bits per heavy atom. The van der Waals surface area contributed by atoms with Crippen molar-refractivity contribution in [2.24, 2.45) is 10.8 Å². The molecular formula is C65H66N2O7. The Kier molecular flexibility index (Phi) is 16.3. The number of ether oxygens (including phenoxy) is 7. The second-order valence-electron chi connectivity index (χ2n) is 20.1. The van der Waals surface area contributed by atoms with Crippen LogP contribution in [0.2, 0.25) is 0 Å². The Morgan fingerprint density at radius 3 is 1.12 bits per heavy atom. The highest BCUT2D eigenvalue weighted by atomic mass is 16.5. The van der Waals surface area contributed by atoms with Crippen molar-refractivity contribution in [1.29, 1.82) is 0 Å². The first-order valence-electron chi connectivity index (χ1n) is 25.9. The Morgan fingerprint density at radius 2 is 0.716 bits per heavy atom. The molecule has 0 saturated carbocycles. The van der Waals surface area contributed by atoms with E-state index in [0.717, 1.165) is 127 Å². The van der Waals surface area contributed by atoms with Crippen molar-refractivity contribution >= 4 is 34.1 Å². The van der Waals surface area contributed by atoms with E-state index in [1.165, 1.54) is 11.1 Å². The molecule has 0 spiro atoms.